The largest absolute Gasteiger partial charge is 0.300 e. The fourth-order valence-corrected chi connectivity index (χ4v) is 3.68. The SMILES string of the molecule is Cc1cccc(C)c1N=C1NC(=O)/C(=C\c2cnn(-c3ccccc3)c2)S1. The number of rotatable bonds is 3. The Bertz CT molecular complexity index is 1050. The van der Waals surface area contributed by atoms with Gasteiger partial charge in [0, 0.05) is 11.8 Å². The molecule has 1 amide bonds. The van der Waals surface area contributed by atoms with Gasteiger partial charge in [-0.25, -0.2) is 9.67 Å². The van der Waals surface area contributed by atoms with E-state index in [1.54, 1.807) is 10.9 Å². The first-order valence-corrected chi connectivity index (χ1v) is 9.38. The summed E-state index contributed by atoms with van der Waals surface area (Å²) in [5, 5.41) is 7.80. The molecule has 1 aliphatic heterocycles. The van der Waals surface area contributed by atoms with Crippen LogP contribution in [0.2, 0.25) is 0 Å². The summed E-state index contributed by atoms with van der Waals surface area (Å²) in [6.07, 6.45) is 5.48. The van der Waals surface area contributed by atoms with Gasteiger partial charge >= 0.3 is 0 Å². The van der Waals surface area contributed by atoms with Gasteiger partial charge in [-0.05, 0) is 54.9 Å². The molecule has 3 aromatic rings. The molecule has 0 bridgehead atoms. The Kier molecular flexibility index (Phi) is 4.64. The average Bonchev–Trinajstić information content (AvgIpc) is 3.26. The predicted molar refractivity (Wildman–Crippen MR) is 110 cm³/mol. The Morgan fingerprint density at radius 3 is 2.56 bits per heavy atom. The molecule has 6 heteroatoms. The lowest BCUT2D eigenvalue weighted by Gasteiger charge is -2.04. The zero-order valence-corrected chi connectivity index (χ0v) is 15.8. The van der Waals surface area contributed by atoms with Gasteiger partial charge in [0.05, 0.1) is 22.5 Å². The van der Waals surface area contributed by atoms with Crippen LogP contribution in [0.4, 0.5) is 5.69 Å². The maximum absolute atomic E-state index is 12.3. The van der Waals surface area contributed by atoms with E-state index in [0.717, 1.165) is 28.1 Å². The molecule has 0 radical (unpaired) electrons. The van der Waals surface area contributed by atoms with Gasteiger partial charge in [0.15, 0.2) is 5.17 Å². The van der Waals surface area contributed by atoms with Crippen LogP contribution >= 0.6 is 11.8 Å². The Hall–Kier alpha value is -3.12. The number of aromatic nitrogens is 2. The van der Waals surface area contributed by atoms with Crippen molar-refractivity contribution in [2.75, 3.05) is 0 Å². The van der Waals surface area contributed by atoms with Gasteiger partial charge < -0.3 is 5.32 Å². The first-order valence-electron chi connectivity index (χ1n) is 8.56. The van der Waals surface area contributed by atoms with E-state index in [1.807, 2.05) is 74.7 Å². The number of thioether (sulfide) groups is 1. The van der Waals surface area contributed by atoms with Crippen molar-refractivity contribution in [1.29, 1.82) is 0 Å². The second kappa shape index (κ2) is 7.25. The van der Waals surface area contributed by atoms with Crippen molar-refractivity contribution in [2.45, 2.75) is 13.8 Å². The average molecular weight is 374 g/mol. The van der Waals surface area contributed by atoms with Crippen molar-refractivity contribution in [3.05, 3.63) is 82.5 Å². The Morgan fingerprint density at radius 2 is 1.81 bits per heavy atom. The van der Waals surface area contributed by atoms with Gasteiger partial charge in [-0.1, -0.05) is 36.4 Å². The summed E-state index contributed by atoms with van der Waals surface area (Å²) in [5.74, 6) is -0.141. The number of benzene rings is 2. The van der Waals surface area contributed by atoms with Gasteiger partial charge in [0.2, 0.25) is 0 Å². The fraction of sp³-hybridized carbons (Fsp3) is 0.0952. The van der Waals surface area contributed by atoms with E-state index in [9.17, 15) is 4.79 Å². The highest BCUT2D eigenvalue weighted by Gasteiger charge is 2.24. The zero-order valence-electron chi connectivity index (χ0n) is 15.0. The van der Waals surface area contributed by atoms with Gasteiger partial charge in [-0.2, -0.15) is 5.10 Å². The van der Waals surface area contributed by atoms with Crippen molar-refractivity contribution in [3.8, 4) is 5.69 Å². The third kappa shape index (κ3) is 3.71. The van der Waals surface area contributed by atoms with E-state index in [-0.39, 0.29) is 5.91 Å². The van der Waals surface area contributed by atoms with Gasteiger partial charge in [-0.3, -0.25) is 4.79 Å². The van der Waals surface area contributed by atoms with Gasteiger partial charge in [0.1, 0.15) is 0 Å². The van der Waals surface area contributed by atoms with Crippen LogP contribution in [0.3, 0.4) is 0 Å². The van der Waals surface area contributed by atoms with Gasteiger partial charge in [0.25, 0.3) is 5.91 Å². The smallest absolute Gasteiger partial charge is 0.264 e. The first kappa shape index (κ1) is 17.3. The van der Waals surface area contributed by atoms with E-state index >= 15 is 0 Å². The number of amidine groups is 1. The van der Waals surface area contributed by atoms with Crippen molar-refractivity contribution in [2.24, 2.45) is 4.99 Å². The molecule has 4 rings (SSSR count). The molecule has 1 aliphatic rings. The number of nitrogens with one attached hydrogen (secondary N) is 1. The number of hydrogen-bond acceptors (Lipinski definition) is 4. The van der Waals surface area contributed by atoms with E-state index < -0.39 is 0 Å². The molecule has 1 fully saturated rings. The lowest BCUT2D eigenvalue weighted by Crippen LogP contribution is -2.19. The summed E-state index contributed by atoms with van der Waals surface area (Å²) in [5.41, 5.74) is 4.91. The highest BCUT2D eigenvalue weighted by molar-refractivity contribution is 8.18. The molecule has 2 aromatic carbocycles. The second-order valence-corrected chi connectivity index (χ2v) is 7.31. The highest BCUT2D eigenvalue weighted by Crippen LogP contribution is 2.30. The highest BCUT2D eigenvalue weighted by atomic mass is 32.2. The number of para-hydroxylation sites is 2. The molecule has 1 N–H and O–H groups in total. The molecule has 0 spiro atoms. The van der Waals surface area contributed by atoms with E-state index in [1.165, 1.54) is 11.8 Å². The normalized spacial score (nSPS) is 16.9. The summed E-state index contributed by atoms with van der Waals surface area (Å²) >= 11 is 1.34. The van der Waals surface area contributed by atoms with E-state index in [2.05, 4.69) is 15.4 Å². The van der Waals surface area contributed by atoms with Crippen LogP contribution in [0.15, 0.2) is 70.8 Å². The summed E-state index contributed by atoms with van der Waals surface area (Å²) < 4.78 is 1.79. The first-order chi connectivity index (χ1) is 13.1. The lowest BCUT2D eigenvalue weighted by atomic mass is 10.1. The van der Waals surface area contributed by atoms with Crippen LogP contribution in [0.25, 0.3) is 11.8 Å². The minimum absolute atomic E-state index is 0.141. The molecular formula is C21H18N4OS. The molecule has 0 atom stereocenters. The molecule has 1 aromatic heterocycles. The van der Waals surface area contributed by atoms with Crippen molar-refractivity contribution in [1.82, 2.24) is 15.1 Å². The molecular weight excluding hydrogens is 356 g/mol. The van der Waals surface area contributed by atoms with Crippen molar-refractivity contribution >= 4 is 34.6 Å². The number of hydrogen-bond donors (Lipinski definition) is 1. The Balaban J connectivity index is 1.58. The third-order valence-corrected chi connectivity index (χ3v) is 5.13. The Morgan fingerprint density at radius 1 is 1.07 bits per heavy atom. The number of aryl methyl sites for hydroxylation is 2. The maximum Gasteiger partial charge on any atom is 0.264 e. The topological polar surface area (TPSA) is 59.3 Å². The van der Waals surface area contributed by atoms with Gasteiger partial charge in [-0.15, -0.1) is 0 Å². The molecule has 0 aliphatic carbocycles. The second-order valence-electron chi connectivity index (χ2n) is 6.28. The third-order valence-electron chi connectivity index (χ3n) is 4.22. The maximum atomic E-state index is 12.3. The molecule has 2 heterocycles. The number of aliphatic imine (C=N–C) groups is 1. The van der Waals surface area contributed by atoms with Crippen molar-refractivity contribution < 1.29 is 4.79 Å². The minimum Gasteiger partial charge on any atom is -0.300 e. The molecule has 0 saturated carbocycles. The molecule has 27 heavy (non-hydrogen) atoms. The van der Waals surface area contributed by atoms with Crippen LogP contribution in [-0.4, -0.2) is 20.9 Å². The number of carbonyl (C=O) groups excluding carboxylic acids is 1. The Labute approximate surface area is 161 Å². The molecule has 5 nitrogen and oxygen atoms in total. The predicted octanol–water partition coefficient (Wildman–Crippen LogP) is 4.38. The zero-order chi connectivity index (χ0) is 18.8. The van der Waals surface area contributed by atoms with Crippen LogP contribution in [0.5, 0.6) is 0 Å². The summed E-state index contributed by atoms with van der Waals surface area (Å²) in [6, 6.07) is 15.9. The quantitative estimate of drug-likeness (QED) is 0.692. The monoisotopic (exact) mass is 374 g/mol. The minimum atomic E-state index is -0.141. The van der Waals surface area contributed by atoms with E-state index in [4.69, 9.17) is 0 Å². The van der Waals surface area contributed by atoms with Crippen LogP contribution in [0, 0.1) is 13.8 Å². The molecule has 0 unspecified atom stereocenters. The lowest BCUT2D eigenvalue weighted by molar-refractivity contribution is -0.115. The molecule has 1 saturated heterocycles. The van der Waals surface area contributed by atoms with Crippen LogP contribution in [0.1, 0.15) is 16.7 Å². The van der Waals surface area contributed by atoms with E-state index in [0.29, 0.717) is 10.1 Å². The summed E-state index contributed by atoms with van der Waals surface area (Å²) in [4.78, 5) is 17.6. The summed E-state index contributed by atoms with van der Waals surface area (Å²) in [6.45, 7) is 4.03. The fourth-order valence-electron chi connectivity index (χ4n) is 2.85. The number of nitrogens with zero attached hydrogens (tertiary/aromatic N) is 3. The molecule has 134 valence electrons. The standard InChI is InChI=1S/C21H18N4OS/c1-14-7-6-8-15(2)19(14)23-21-24-20(26)18(27-21)11-16-12-22-25(13-16)17-9-4-3-5-10-17/h3-13H,1-2H3,(H,23,24,26)/b18-11+. The van der Waals surface area contributed by atoms with Crippen LogP contribution < -0.4 is 5.32 Å². The number of carbonyl (C=O) groups is 1. The summed E-state index contributed by atoms with van der Waals surface area (Å²) in [7, 11) is 0. The number of amides is 1. The van der Waals surface area contributed by atoms with Crippen LogP contribution in [-0.2, 0) is 4.79 Å². The van der Waals surface area contributed by atoms with Crippen molar-refractivity contribution in [3.63, 3.8) is 0 Å².